The molecule has 6 nitrogen and oxygen atoms in total. The zero-order chi connectivity index (χ0) is 41.0. The second-order valence-corrected chi connectivity index (χ2v) is 17.2. The van der Waals surface area contributed by atoms with Gasteiger partial charge in [0.05, 0.1) is 18.8 Å². The molecule has 5 N–H and O–H groups in total. The average Bonchev–Trinajstić information content (AvgIpc) is 3.20. The fourth-order valence-electron chi connectivity index (χ4n) is 7.72. The molecule has 0 rings (SSSR count). The molecule has 0 aliphatic rings. The van der Waals surface area contributed by atoms with Gasteiger partial charge in [-0.3, -0.25) is 4.79 Å². The van der Waals surface area contributed by atoms with E-state index in [9.17, 15) is 25.2 Å². The van der Waals surface area contributed by atoms with Crippen LogP contribution in [-0.4, -0.2) is 57.3 Å². The molecule has 0 saturated heterocycles. The van der Waals surface area contributed by atoms with E-state index in [-0.39, 0.29) is 0 Å². The van der Waals surface area contributed by atoms with Crippen LogP contribution >= 0.6 is 0 Å². The quantitative estimate of drug-likeness (QED) is 0.0312. The topological polar surface area (TPSA) is 110 Å². The van der Waals surface area contributed by atoms with E-state index in [1.807, 2.05) is 0 Å². The summed E-state index contributed by atoms with van der Waals surface area (Å²) in [5.41, 5.74) is 0. The van der Waals surface area contributed by atoms with Gasteiger partial charge in [-0.05, 0) is 51.4 Å². The summed E-state index contributed by atoms with van der Waals surface area (Å²) in [5.74, 6) is -0.595. The zero-order valence-corrected chi connectivity index (χ0v) is 37.4. The number of aliphatic hydroxyl groups excluding tert-OH is 4. The van der Waals surface area contributed by atoms with Gasteiger partial charge in [0.1, 0.15) is 12.2 Å². The first-order valence-electron chi connectivity index (χ1n) is 24.7. The number of amides is 1. The Morgan fingerprint density at radius 1 is 0.429 bits per heavy atom. The average molecular weight is 792 g/mol. The van der Waals surface area contributed by atoms with E-state index in [0.29, 0.717) is 19.3 Å². The smallest absolute Gasteiger partial charge is 0.249 e. The van der Waals surface area contributed by atoms with E-state index >= 15 is 0 Å². The van der Waals surface area contributed by atoms with Crippen LogP contribution in [0.4, 0.5) is 0 Å². The lowest BCUT2D eigenvalue weighted by Crippen LogP contribution is -2.53. The molecule has 4 atom stereocenters. The fourth-order valence-corrected chi connectivity index (χ4v) is 7.72. The molecule has 0 radical (unpaired) electrons. The summed E-state index contributed by atoms with van der Waals surface area (Å²) in [7, 11) is 0. The maximum Gasteiger partial charge on any atom is 0.249 e. The monoisotopic (exact) mass is 792 g/mol. The molecule has 332 valence electrons. The predicted octanol–water partition coefficient (Wildman–Crippen LogP) is 13.5. The number of hydrogen-bond acceptors (Lipinski definition) is 5. The minimum atomic E-state index is -1.29. The van der Waals surface area contributed by atoms with Crippen LogP contribution in [0.2, 0.25) is 0 Å². The summed E-state index contributed by atoms with van der Waals surface area (Å²) in [6.07, 6.45) is 52.3. The van der Waals surface area contributed by atoms with Crippen LogP contribution in [-0.2, 0) is 4.79 Å². The molecular weight excluding hydrogens is 695 g/mol. The van der Waals surface area contributed by atoms with Gasteiger partial charge in [-0.2, -0.15) is 0 Å². The van der Waals surface area contributed by atoms with Crippen LogP contribution in [0.3, 0.4) is 0 Å². The summed E-state index contributed by atoms with van der Waals surface area (Å²) in [6.45, 7) is 4.05. The molecule has 0 saturated carbocycles. The van der Waals surface area contributed by atoms with Crippen LogP contribution < -0.4 is 5.32 Å². The second kappa shape index (κ2) is 44.9. The summed E-state index contributed by atoms with van der Waals surface area (Å²) in [6, 6.07) is -1.00. The Labute approximate surface area is 348 Å². The van der Waals surface area contributed by atoms with Gasteiger partial charge in [0, 0.05) is 0 Å². The van der Waals surface area contributed by atoms with Gasteiger partial charge >= 0.3 is 0 Å². The largest absolute Gasteiger partial charge is 0.394 e. The Morgan fingerprint density at radius 3 is 1.12 bits per heavy atom. The normalized spacial score (nSPS) is 14.2. The van der Waals surface area contributed by atoms with E-state index in [1.54, 1.807) is 0 Å². The van der Waals surface area contributed by atoms with Crippen LogP contribution in [0.15, 0.2) is 24.3 Å². The van der Waals surface area contributed by atoms with Gasteiger partial charge in [0.25, 0.3) is 0 Å². The van der Waals surface area contributed by atoms with Crippen molar-refractivity contribution in [2.75, 3.05) is 6.61 Å². The molecule has 0 aliphatic carbocycles. The van der Waals surface area contributed by atoms with Crippen molar-refractivity contribution in [1.82, 2.24) is 5.32 Å². The number of aliphatic hydroxyl groups is 4. The third kappa shape index (κ3) is 38.3. The molecule has 0 aromatic carbocycles. The molecule has 0 aromatic rings. The van der Waals surface area contributed by atoms with Crippen molar-refractivity contribution in [3.63, 3.8) is 0 Å². The van der Waals surface area contributed by atoms with Crippen LogP contribution in [0.1, 0.15) is 258 Å². The van der Waals surface area contributed by atoms with Crippen LogP contribution in [0, 0.1) is 0 Å². The van der Waals surface area contributed by atoms with Crippen LogP contribution in [0.25, 0.3) is 0 Å². The molecule has 0 heterocycles. The fraction of sp³-hybridized carbons (Fsp3) is 0.900. The van der Waals surface area contributed by atoms with Gasteiger partial charge in [0.15, 0.2) is 0 Å². The van der Waals surface area contributed by atoms with Crippen molar-refractivity contribution in [2.45, 2.75) is 282 Å². The third-order valence-corrected chi connectivity index (χ3v) is 11.6. The molecule has 0 fully saturated rings. The summed E-state index contributed by atoms with van der Waals surface area (Å²) < 4.78 is 0. The molecule has 0 bridgehead atoms. The highest BCUT2D eigenvalue weighted by atomic mass is 16.3. The Morgan fingerprint density at radius 2 is 0.750 bits per heavy atom. The lowest BCUT2D eigenvalue weighted by atomic mass is 10.00. The Bertz CT molecular complexity index is 847. The first kappa shape index (κ1) is 54.8. The standard InChI is InChI=1S/C50H97NO5/c1-3-5-7-9-11-13-15-17-19-20-21-22-23-24-25-26-27-28-29-30-32-33-35-37-39-41-43-47(53)49(55)46(45-52)51-50(56)48(54)44-42-40-38-36-34-31-18-16-14-12-10-8-6-4-2/h29-30,35,37,46-49,52-55H,3-28,31-34,36,38-45H2,1-2H3,(H,51,56)/b30-29+,37-35+. The van der Waals surface area contributed by atoms with Crippen molar-refractivity contribution in [3.05, 3.63) is 24.3 Å². The number of unbranched alkanes of at least 4 members (excludes halogenated alkanes) is 32. The zero-order valence-electron chi connectivity index (χ0n) is 37.4. The Balaban J connectivity index is 3.71. The van der Waals surface area contributed by atoms with Crippen molar-refractivity contribution >= 4 is 5.91 Å². The highest BCUT2D eigenvalue weighted by molar-refractivity contribution is 5.80. The van der Waals surface area contributed by atoms with E-state index in [4.69, 9.17) is 0 Å². The van der Waals surface area contributed by atoms with Gasteiger partial charge < -0.3 is 25.7 Å². The Kier molecular flexibility index (Phi) is 43.9. The van der Waals surface area contributed by atoms with Crippen molar-refractivity contribution < 1.29 is 25.2 Å². The van der Waals surface area contributed by atoms with Crippen LogP contribution in [0.5, 0.6) is 0 Å². The predicted molar refractivity (Wildman–Crippen MR) is 242 cm³/mol. The van der Waals surface area contributed by atoms with Crippen molar-refractivity contribution in [1.29, 1.82) is 0 Å². The van der Waals surface area contributed by atoms with Crippen molar-refractivity contribution in [2.24, 2.45) is 0 Å². The number of allylic oxidation sites excluding steroid dienone is 4. The van der Waals surface area contributed by atoms with E-state index in [1.165, 1.54) is 186 Å². The molecule has 6 heteroatoms. The summed E-state index contributed by atoms with van der Waals surface area (Å²) in [4.78, 5) is 12.5. The lowest BCUT2D eigenvalue weighted by molar-refractivity contribution is -0.132. The minimum Gasteiger partial charge on any atom is -0.394 e. The lowest BCUT2D eigenvalue weighted by Gasteiger charge is -2.27. The SMILES string of the molecule is CCCCCCCCCCCCCCCCCCC/C=C/CC/C=C/CCCC(O)C(O)C(CO)NC(=O)C(O)CCCCCCCCCCCCCCCC. The summed E-state index contributed by atoms with van der Waals surface area (Å²) >= 11 is 0. The Hall–Kier alpha value is -1.21. The molecule has 56 heavy (non-hydrogen) atoms. The van der Waals surface area contributed by atoms with Gasteiger partial charge in [-0.15, -0.1) is 0 Å². The van der Waals surface area contributed by atoms with E-state index in [2.05, 4.69) is 43.5 Å². The molecule has 4 unspecified atom stereocenters. The van der Waals surface area contributed by atoms with Gasteiger partial charge in [-0.25, -0.2) is 0 Å². The molecular formula is C50H97NO5. The second-order valence-electron chi connectivity index (χ2n) is 17.2. The summed E-state index contributed by atoms with van der Waals surface area (Å²) in [5, 5.41) is 43.7. The minimum absolute atomic E-state index is 0.363. The molecule has 0 aromatic heterocycles. The number of nitrogens with one attached hydrogen (secondary N) is 1. The number of carbonyl (C=O) groups excluding carboxylic acids is 1. The number of carbonyl (C=O) groups is 1. The van der Waals surface area contributed by atoms with Crippen molar-refractivity contribution in [3.8, 4) is 0 Å². The van der Waals surface area contributed by atoms with E-state index in [0.717, 1.165) is 38.5 Å². The maximum atomic E-state index is 12.5. The number of hydrogen-bond donors (Lipinski definition) is 5. The van der Waals surface area contributed by atoms with Gasteiger partial charge in [0.2, 0.25) is 5.91 Å². The first-order chi connectivity index (χ1) is 27.5. The highest BCUT2D eigenvalue weighted by Crippen LogP contribution is 2.17. The third-order valence-electron chi connectivity index (χ3n) is 11.6. The highest BCUT2D eigenvalue weighted by Gasteiger charge is 2.28. The maximum absolute atomic E-state index is 12.5. The van der Waals surface area contributed by atoms with E-state index < -0.39 is 36.9 Å². The molecule has 1 amide bonds. The number of rotatable bonds is 45. The molecule has 0 aliphatic heterocycles. The molecule has 0 spiro atoms. The van der Waals surface area contributed by atoms with Gasteiger partial charge in [-0.1, -0.05) is 231 Å². The first-order valence-corrected chi connectivity index (χ1v) is 24.7.